The topological polar surface area (TPSA) is 87.9 Å². The molecule has 0 spiro atoms. The molecule has 0 bridgehead atoms. The van der Waals surface area contributed by atoms with Crippen molar-refractivity contribution in [2.75, 3.05) is 7.11 Å². The van der Waals surface area contributed by atoms with E-state index in [1.54, 1.807) is 0 Å². The molecule has 174 valence electrons. The van der Waals surface area contributed by atoms with Gasteiger partial charge in [-0.2, -0.15) is 30.7 Å². The third kappa shape index (κ3) is 5.19. The van der Waals surface area contributed by atoms with Crippen molar-refractivity contribution >= 4 is 23.3 Å². The van der Waals surface area contributed by atoms with Gasteiger partial charge in [-0.15, -0.1) is 0 Å². The SMILES string of the molecule is CO[C@](F)(C(=O)Oc1cc(Oc2cc(C(F)(F)F)ccc2Cl)ccc1[N+](=O)[O-])C(F)(F)F. The molecular formula is C17H9ClF7NO6. The van der Waals surface area contributed by atoms with Crippen molar-refractivity contribution in [1.29, 1.82) is 0 Å². The number of hydrogen-bond acceptors (Lipinski definition) is 6. The fraction of sp³-hybridized carbons (Fsp3) is 0.235. The van der Waals surface area contributed by atoms with E-state index in [4.69, 9.17) is 16.3 Å². The molecule has 7 nitrogen and oxygen atoms in total. The molecule has 0 aromatic heterocycles. The Morgan fingerprint density at radius 3 is 2.12 bits per heavy atom. The molecule has 2 rings (SSSR count). The zero-order valence-corrected chi connectivity index (χ0v) is 16.1. The van der Waals surface area contributed by atoms with Crippen LogP contribution < -0.4 is 9.47 Å². The summed E-state index contributed by atoms with van der Waals surface area (Å²) in [5.41, 5.74) is -2.25. The Labute approximate surface area is 178 Å². The molecule has 2 aromatic carbocycles. The van der Waals surface area contributed by atoms with E-state index in [1.165, 1.54) is 0 Å². The minimum Gasteiger partial charge on any atom is -0.456 e. The smallest absolute Gasteiger partial charge is 0.456 e. The number of ether oxygens (including phenoxy) is 3. The van der Waals surface area contributed by atoms with Crippen molar-refractivity contribution < 1.29 is 54.7 Å². The second-order valence-electron chi connectivity index (χ2n) is 5.82. The summed E-state index contributed by atoms with van der Waals surface area (Å²) in [5.74, 6) is -9.97. The number of esters is 1. The van der Waals surface area contributed by atoms with Gasteiger partial charge < -0.3 is 14.2 Å². The second kappa shape index (κ2) is 8.78. The van der Waals surface area contributed by atoms with Gasteiger partial charge in [-0.1, -0.05) is 11.6 Å². The van der Waals surface area contributed by atoms with Gasteiger partial charge in [0.1, 0.15) is 11.5 Å². The summed E-state index contributed by atoms with van der Waals surface area (Å²) < 4.78 is 104. The third-order valence-electron chi connectivity index (χ3n) is 3.73. The fourth-order valence-electron chi connectivity index (χ4n) is 2.16. The maximum atomic E-state index is 13.9. The Bertz CT molecular complexity index is 1040. The van der Waals surface area contributed by atoms with Crippen LogP contribution in [0.4, 0.5) is 36.4 Å². The first-order valence-corrected chi connectivity index (χ1v) is 8.34. The molecule has 0 aliphatic carbocycles. The summed E-state index contributed by atoms with van der Waals surface area (Å²) in [6.07, 6.45) is -10.7. The third-order valence-corrected chi connectivity index (χ3v) is 4.04. The molecule has 0 N–H and O–H groups in total. The number of nitro benzene ring substituents is 1. The van der Waals surface area contributed by atoms with E-state index in [2.05, 4.69) is 9.47 Å². The van der Waals surface area contributed by atoms with Crippen LogP contribution >= 0.6 is 11.6 Å². The minimum absolute atomic E-state index is 0.207. The van der Waals surface area contributed by atoms with E-state index in [0.717, 1.165) is 12.1 Å². The molecule has 0 aliphatic heterocycles. The molecule has 0 amide bonds. The van der Waals surface area contributed by atoms with E-state index >= 15 is 0 Å². The van der Waals surface area contributed by atoms with Gasteiger partial charge in [0.25, 0.3) is 0 Å². The second-order valence-corrected chi connectivity index (χ2v) is 6.23. The standard InChI is InChI=1S/C17H9ClF7NO6/c1-30-15(19,17(23,24)25)14(27)32-13-7-9(3-5-11(13)26(28)29)31-12-6-8(16(20,21)22)2-4-10(12)18/h2-7H,1H3/t15-/m1/s1. The van der Waals surface area contributed by atoms with Crippen LogP contribution in [0.15, 0.2) is 36.4 Å². The molecule has 0 heterocycles. The van der Waals surface area contributed by atoms with Gasteiger partial charge >= 0.3 is 29.9 Å². The number of benzene rings is 2. The van der Waals surface area contributed by atoms with Gasteiger partial charge in [0, 0.05) is 19.2 Å². The maximum absolute atomic E-state index is 13.9. The Morgan fingerprint density at radius 2 is 1.62 bits per heavy atom. The maximum Gasteiger partial charge on any atom is 0.460 e. The van der Waals surface area contributed by atoms with Crippen LogP contribution in [0.25, 0.3) is 0 Å². The highest BCUT2D eigenvalue weighted by Crippen LogP contribution is 2.41. The number of nitrogens with zero attached hydrogens (tertiary/aromatic N) is 1. The highest BCUT2D eigenvalue weighted by molar-refractivity contribution is 6.32. The highest BCUT2D eigenvalue weighted by Gasteiger charge is 2.65. The Balaban J connectivity index is 2.45. The predicted molar refractivity (Wildman–Crippen MR) is 92.2 cm³/mol. The molecule has 0 fully saturated rings. The summed E-state index contributed by atoms with van der Waals surface area (Å²) in [6, 6.07) is 3.87. The average molecular weight is 492 g/mol. The van der Waals surface area contributed by atoms with Crippen molar-refractivity contribution in [3.63, 3.8) is 0 Å². The zero-order chi connectivity index (χ0) is 24.5. The molecule has 0 saturated heterocycles. The first kappa shape index (κ1) is 25.1. The molecule has 0 radical (unpaired) electrons. The minimum atomic E-state index is -5.90. The number of carbonyl (C=O) groups is 1. The molecule has 15 heteroatoms. The molecule has 0 aliphatic rings. The average Bonchev–Trinajstić information content (AvgIpc) is 2.67. The lowest BCUT2D eigenvalue weighted by Gasteiger charge is -2.23. The van der Waals surface area contributed by atoms with Crippen molar-refractivity contribution in [3.8, 4) is 17.2 Å². The van der Waals surface area contributed by atoms with E-state index in [9.17, 15) is 45.6 Å². The van der Waals surface area contributed by atoms with E-state index < -0.39 is 57.6 Å². The largest absolute Gasteiger partial charge is 0.460 e. The van der Waals surface area contributed by atoms with Gasteiger partial charge in [0.15, 0.2) is 0 Å². The van der Waals surface area contributed by atoms with Gasteiger partial charge in [-0.3, -0.25) is 10.1 Å². The van der Waals surface area contributed by atoms with Crippen molar-refractivity contribution in [1.82, 2.24) is 0 Å². The fourth-order valence-corrected chi connectivity index (χ4v) is 2.31. The van der Waals surface area contributed by atoms with Crippen LogP contribution in [-0.4, -0.2) is 30.0 Å². The lowest BCUT2D eigenvalue weighted by Crippen LogP contribution is -2.51. The van der Waals surface area contributed by atoms with Crippen molar-refractivity contribution in [3.05, 3.63) is 57.1 Å². The number of rotatable bonds is 6. The monoisotopic (exact) mass is 491 g/mol. The van der Waals surface area contributed by atoms with Crippen LogP contribution in [0, 0.1) is 10.1 Å². The molecule has 1 atom stereocenters. The molecule has 2 aromatic rings. The highest BCUT2D eigenvalue weighted by atomic mass is 35.5. The van der Waals surface area contributed by atoms with Crippen molar-refractivity contribution in [2.24, 2.45) is 0 Å². The van der Waals surface area contributed by atoms with E-state index in [-0.39, 0.29) is 12.1 Å². The zero-order valence-electron chi connectivity index (χ0n) is 15.4. The lowest BCUT2D eigenvalue weighted by atomic mass is 10.2. The molecular weight excluding hydrogens is 483 g/mol. The summed E-state index contributed by atoms with van der Waals surface area (Å²) in [5, 5.41) is 10.8. The predicted octanol–water partition coefficient (Wildman–Crippen LogP) is 5.84. The van der Waals surface area contributed by atoms with Crippen molar-refractivity contribution in [2.45, 2.75) is 18.2 Å². The van der Waals surface area contributed by atoms with Crippen LogP contribution in [0.1, 0.15) is 5.56 Å². The van der Waals surface area contributed by atoms with Crippen LogP contribution in [0.5, 0.6) is 17.2 Å². The number of hydrogen-bond donors (Lipinski definition) is 0. The first-order valence-electron chi connectivity index (χ1n) is 7.96. The van der Waals surface area contributed by atoms with Gasteiger partial charge in [-0.25, -0.2) is 4.79 Å². The quantitative estimate of drug-likeness (QED) is 0.166. The molecule has 0 saturated carbocycles. The summed E-state index contributed by atoms with van der Waals surface area (Å²) >= 11 is 5.75. The number of nitro groups is 1. The molecule has 32 heavy (non-hydrogen) atoms. The Morgan fingerprint density at radius 1 is 1.00 bits per heavy atom. The Hall–Kier alpha value is -3.13. The lowest BCUT2D eigenvalue weighted by molar-refractivity contribution is -0.386. The summed E-state index contributed by atoms with van der Waals surface area (Å²) in [6.45, 7) is 0. The summed E-state index contributed by atoms with van der Waals surface area (Å²) in [7, 11) is 0.207. The van der Waals surface area contributed by atoms with Crippen LogP contribution in [0.2, 0.25) is 5.02 Å². The van der Waals surface area contributed by atoms with Gasteiger partial charge in [0.05, 0.1) is 15.5 Å². The Kier molecular flexibility index (Phi) is 6.90. The molecule has 0 unspecified atom stereocenters. The number of halogens is 8. The number of carbonyl (C=O) groups excluding carboxylic acids is 1. The normalized spacial score (nSPS) is 13.9. The van der Waals surface area contributed by atoms with E-state index in [0.29, 0.717) is 24.3 Å². The van der Waals surface area contributed by atoms with Crippen LogP contribution in [-0.2, 0) is 15.7 Å². The van der Waals surface area contributed by atoms with Gasteiger partial charge in [0.2, 0.25) is 5.75 Å². The van der Waals surface area contributed by atoms with Crippen LogP contribution in [0.3, 0.4) is 0 Å². The van der Waals surface area contributed by atoms with Gasteiger partial charge in [-0.05, 0) is 24.3 Å². The number of methoxy groups -OCH3 is 1. The van der Waals surface area contributed by atoms with E-state index in [1.807, 2.05) is 0 Å². The first-order chi connectivity index (χ1) is 14.6. The number of alkyl halides is 7. The summed E-state index contributed by atoms with van der Waals surface area (Å²) in [4.78, 5) is 21.6.